The molecule has 0 saturated carbocycles. The highest BCUT2D eigenvalue weighted by molar-refractivity contribution is 8.00. The average molecular weight is 364 g/mol. The molecule has 0 spiro atoms. The number of hydrogen-bond donors (Lipinski definition) is 2. The molecule has 2 rings (SSSR count). The van der Waals surface area contributed by atoms with Crippen molar-refractivity contribution in [3.05, 3.63) is 34.6 Å². The number of nitrogens with two attached hydrogens (primary N) is 1. The lowest BCUT2D eigenvalue weighted by Crippen LogP contribution is -3.11. The third kappa shape index (κ3) is 4.83. The van der Waals surface area contributed by atoms with Crippen molar-refractivity contribution in [2.45, 2.75) is 44.1 Å². The van der Waals surface area contributed by atoms with E-state index in [-0.39, 0.29) is 5.56 Å². The normalized spacial score (nSPS) is 12.6. The SMILES string of the molecule is CC[NH+](CC)CCCn1c(S[C@@H](C)C(N)=O)nc2ccccc2c1=O. The van der Waals surface area contributed by atoms with E-state index in [2.05, 4.69) is 18.8 Å². The van der Waals surface area contributed by atoms with Gasteiger partial charge in [0.15, 0.2) is 5.16 Å². The van der Waals surface area contributed by atoms with E-state index in [4.69, 9.17) is 5.73 Å². The molecule has 0 aliphatic carbocycles. The summed E-state index contributed by atoms with van der Waals surface area (Å²) in [5.74, 6) is -0.411. The zero-order valence-electron chi connectivity index (χ0n) is 15.1. The van der Waals surface area contributed by atoms with Crippen LogP contribution in [0.1, 0.15) is 27.2 Å². The molecule has 0 aliphatic rings. The maximum absolute atomic E-state index is 12.9. The Bertz CT molecular complexity index is 786. The first-order valence-corrected chi connectivity index (χ1v) is 9.65. The fraction of sp³-hybridized carbons (Fsp3) is 0.500. The predicted octanol–water partition coefficient (Wildman–Crippen LogP) is 0.677. The highest BCUT2D eigenvalue weighted by Crippen LogP contribution is 2.22. The fourth-order valence-corrected chi connectivity index (χ4v) is 3.63. The van der Waals surface area contributed by atoms with Crippen molar-refractivity contribution in [3.8, 4) is 0 Å². The summed E-state index contributed by atoms with van der Waals surface area (Å²) in [6.07, 6.45) is 0.884. The Balaban J connectivity index is 2.35. The quantitative estimate of drug-likeness (QED) is 0.507. The number of nitrogens with zero attached hydrogens (tertiary/aromatic N) is 2. The standard InChI is InChI=1S/C18H26N4O2S/c1-4-21(5-2)11-8-12-22-17(24)14-9-6-7-10-15(14)20-18(22)25-13(3)16(19)23/h6-7,9-10,13H,4-5,8,11-12H2,1-3H3,(H2,19,23)/p+1/t13-/m0/s1. The van der Waals surface area contributed by atoms with Gasteiger partial charge < -0.3 is 10.6 Å². The molecule has 2 aromatic rings. The Kier molecular flexibility index (Phi) is 7.01. The summed E-state index contributed by atoms with van der Waals surface area (Å²) < 4.78 is 1.69. The first kappa shape index (κ1) is 19.5. The molecular formula is C18H27N4O2S+. The van der Waals surface area contributed by atoms with E-state index in [0.29, 0.717) is 22.6 Å². The number of hydrogen-bond acceptors (Lipinski definition) is 4. The maximum Gasteiger partial charge on any atom is 0.262 e. The van der Waals surface area contributed by atoms with E-state index in [0.717, 1.165) is 26.1 Å². The molecule has 1 aromatic carbocycles. The van der Waals surface area contributed by atoms with E-state index < -0.39 is 11.2 Å². The van der Waals surface area contributed by atoms with E-state index >= 15 is 0 Å². The van der Waals surface area contributed by atoms with Crippen molar-refractivity contribution in [2.24, 2.45) is 5.73 Å². The van der Waals surface area contributed by atoms with Gasteiger partial charge in [-0.3, -0.25) is 14.2 Å². The average Bonchev–Trinajstić information content (AvgIpc) is 2.61. The van der Waals surface area contributed by atoms with Crippen LogP contribution in [0.5, 0.6) is 0 Å². The molecule has 0 bridgehead atoms. The summed E-state index contributed by atoms with van der Waals surface area (Å²) in [6.45, 7) is 9.80. The number of aromatic nitrogens is 2. The van der Waals surface area contributed by atoms with Crippen molar-refractivity contribution < 1.29 is 9.69 Å². The highest BCUT2D eigenvalue weighted by atomic mass is 32.2. The van der Waals surface area contributed by atoms with Gasteiger partial charge in [-0.15, -0.1) is 0 Å². The Morgan fingerprint density at radius 2 is 2.00 bits per heavy atom. The molecular weight excluding hydrogens is 336 g/mol. The number of carbonyl (C=O) groups is 1. The third-order valence-corrected chi connectivity index (χ3v) is 5.53. The van der Waals surface area contributed by atoms with Crippen molar-refractivity contribution in [3.63, 3.8) is 0 Å². The molecule has 0 saturated heterocycles. The van der Waals surface area contributed by atoms with E-state index in [1.165, 1.54) is 16.7 Å². The van der Waals surface area contributed by atoms with Gasteiger partial charge in [-0.05, 0) is 32.9 Å². The van der Waals surface area contributed by atoms with Gasteiger partial charge in [0.05, 0.1) is 35.8 Å². The number of benzene rings is 1. The Hall–Kier alpha value is -1.86. The van der Waals surface area contributed by atoms with Crippen LogP contribution in [-0.2, 0) is 11.3 Å². The molecule has 1 amide bonds. The second kappa shape index (κ2) is 9.01. The molecule has 1 atom stereocenters. The molecule has 0 unspecified atom stereocenters. The van der Waals surface area contributed by atoms with Gasteiger partial charge in [-0.1, -0.05) is 23.9 Å². The van der Waals surface area contributed by atoms with Gasteiger partial charge in [0.1, 0.15) is 0 Å². The second-order valence-electron chi connectivity index (χ2n) is 6.09. The second-order valence-corrected chi connectivity index (χ2v) is 7.40. The minimum Gasteiger partial charge on any atom is -0.369 e. The molecule has 25 heavy (non-hydrogen) atoms. The summed E-state index contributed by atoms with van der Waals surface area (Å²) in [4.78, 5) is 30.4. The molecule has 6 nitrogen and oxygen atoms in total. The molecule has 1 heterocycles. The third-order valence-electron chi connectivity index (χ3n) is 4.42. The number of quaternary nitrogens is 1. The Morgan fingerprint density at radius 3 is 2.64 bits per heavy atom. The van der Waals surface area contributed by atoms with E-state index in [1.807, 2.05) is 18.2 Å². The number of rotatable bonds is 9. The van der Waals surface area contributed by atoms with Crippen LogP contribution >= 0.6 is 11.8 Å². The van der Waals surface area contributed by atoms with Crippen molar-refractivity contribution >= 4 is 28.6 Å². The first-order valence-electron chi connectivity index (χ1n) is 8.77. The van der Waals surface area contributed by atoms with E-state index in [1.54, 1.807) is 17.6 Å². The number of amides is 1. The monoisotopic (exact) mass is 363 g/mol. The lowest BCUT2D eigenvalue weighted by atomic mass is 10.2. The lowest BCUT2D eigenvalue weighted by Gasteiger charge is -2.17. The number of nitrogens with one attached hydrogen (secondary N) is 1. The number of fused-ring (bicyclic) bond motifs is 1. The lowest BCUT2D eigenvalue weighted by molar-refractivity contribution is -0.896. The largest absolute Gasteiger partial charge is 0.369 e. The van der Waals surface area contributed by atoms with Crippen LogP contribution in [-0.4, -0.2) is 40.3 Å². The molecule has 7 heteroatoms. The predicted molar refractivity (Wildman–Crippen MR) is 102 cm³/mol. The molecule has 136 valence electrons. The van der Waals surface area contributed by atoms with Gasteiger partial charge in [-0.2, -0.15) is 0 Å². The molecule has 0 aliphatic heterocycles. The van der Waals surface area contributed by atoms with Crippen molar-refractivity contribution in [2.75, 3.05) is 19.6 Å². The molecule has 3 N–H and O–H groups in total. The first-order chi connectivity index (χ1) is 12.0. The van der Waals surface area contributed by atoms with Gasteiger partial charge in [0.25, 0.3) is 5.56 Å². The topological polar surface area (TPSA) is 82.4 Å². The summed E-state index contributed by atoms with van der Waals surface area (Å²) in [5.41, 5.74) is 5.98. The fourth-order valence-electron chi connectivity index (χ4n) is 2.74. The number of para-hydroxylation sites is 1. The van der Waals surface area contributed by atoms with Crippen LogP contribution in [0.3, 0.4) is 0 Å². The van der Waals surface area contributed by atoms with Crippen molar-refractivity contribution in [1.29, 1.82) is 0 Å². The van der Waals surface area contributed by atoms with Crippen LogP contribution in [0.2, 0.25) is 0 Å². The van der Waals surface area contributed by atoms with Crippen LogP contribution < -0.4 is 16.2 Å². The van der Waals surface area contributed by atoms with Gasteiger partial charge in [0, 0.05) is 13.0 Å². The molecule has 0 fully saturated rings. The van der Waals surface area contributed by atoms with Crippen LogP contribution in [0.25, 0.3) is 10.9 Å². The minimum absolute atomic E-state index is 0.0562. The Morgan fingerprint density at radius 1 is 1.32 bits per heavy atom. The summed E-state index contributed by atoms with van der Waals surface area (Å²) in [7, 11) is 0. The number of primary amides is 1. The van der Waals surface area contributed by atoms with Crippen LogP contribution in [0.4, 0.5) is 0 Å². The maximum atomic E-state index is 12.9. The summed E-state index contributed by atoms with van der Waals surface area (Å²) >= 11 is 1.25. The summed E-state index contributed by atoms with van der Waals surface area (Å²) in [5, 5.41) is 0.728. The smallest absolute Gasteiger partial charge is 0.262 e. The summed E-state index contributed by atoms with van der Waals surface area (Å²) in [6, 6.07) is 7.31. The van der Waals surface area contributed by atoms with Crippen LogP contribution in [0, 0.1) is 0 Å². The van der Waals surface area contributed by atoms with Gasteiger partial charge >= 0.3 is 0 Å². The van der Waals surface area contributed by atoms with Gasteiger partial charge in [-0.25, -0.2) is 4.98 Å². The minimum atomic E-state index is -0.437. The Labute approximate surface area is 152 Å². The number of carbonyl (C=O) groups excluding carboxylic acids is 1. The molecule has 0 radical (unpaired) electrons. The zero-order valence-corrected chi connectivity index (χ0v) is 15.9. The number of thioether (sulfide) groups is 1. The molecule has 1 aromatic heterocycles. The zero-order chi connectivity index (χ0) is 18.4. The van der Waals surface area contributed by atoms with E-state index in [9.17, 15) is 9.59 Å². The van der Waals surface area contributed by atoms with Crippen LogP contribution in [0.15, 0.2) is 34.2 Å². The van der Waals surface area contributed by atoms with Gasteiger partial charge in [0.2, 0.25) is 5.91 Å². The van der Waals surface area contributed by atoms with Crippen molar-refractivity contribution in [1.82, 2.24) is 9.55 Å². The highest BCUT2D eigenvalue weighted by Gasteiger charge is 2.17.